The number of imidazole rings is 1. The minimum Gasteiger partial charge on any atom is -0.332 e. The molecule has 0 spiro atoms. The predicted octanol–water partition coefficient (Wildman–Crippen LogP) is 2.85. The first-order valence-corrected chi connectivity index (χ1v) is 8.01. The van der Waals surface area contributed by atoms with Crippen molar-refractivity contribution in [2.45, 2.75) is 50.6 Å². The second-order valence-corrected chi connectivity index (χ2v) is 6.50. The van der Waals surface area contributed by atoms with Crippen LogP contribution in [0.4, 0.5) is 13.2 Å². The first-order valence-electron chi connectivity index (χ1n) is 8.01. The van der Waals surface area contributed by atoms with Crippen LogP contribution < -0.4 is 5.73 Å². The van der Waals surface area contributed by atoms with Gasteiger partial charge in [0, 0.05) is 43.1 Å². The minimum atomic E-state index is -1.17. The van der Waals surface area contributed by atoms with Gasteiger partial charge in [-0.25, -0.2) is 18.2 Å². The van der Waals surface area contributed by atoms with Gasteiger partial charge in [-0.05, 0) is 30.9 Å². The second-order valence-electron chi connectivity index (χ2n) is 6.50. The van der Waals surface area contributed by atoms with Crippen LogP contribution in [0.5, 0.6) is 0 Å². The molecule has 1 aliphatic heterocycles. The third-order valence-electron chi connectivity index (χ3n) is 5.06. The van der Waals surface area contributed by atoms with Crippen molar-refractivity contribution in [1.29, 1.82) is 0 Å². The van der Waals surface area contributed by atoms with Crippen molar-refractivity contribution in [1.82, 2.24) is 9.55 Å². The summed E-state index contributed by atoms with van der Waals surface area (Å²) in [6, 6.07) is 1.21. The van der Waals surface area contributed by atoms with Gasteiger partial charge in [0.05, 0.1) is 5.69 Å². The van der Waals surface area contributed by atoms with E-state index >= 15 is 0 Å². The third kappa shape index (κ3) is 2.36. The number of fused-ring (bicyclic) bond motifs is 3. The highest BCUT2D eigenvalue weighted by molar-refractivity contribution is 5.33. The summed E-state index contributed by atoms with van der Waals surface area (Å²) < 4.78 is 43.0. The SMILES string of the molecule is N[C@H]1Cc2c(nc3n2CCCC3)C[C@@H]1c1cc(F)c(F)cc1F. The van der Waals surface area contributed by atoms with Crippen molar-refractivity contribution in [2.75, 3.05) is 0 Å². The van der Waals surface area contributed by atoms with Crippen molar-refractivity contribution in [3.63, 3.8) is 0 Å². The van der Waals surface area contributed by atoms with Gasteiger partial charge >= 0.3 is 0 Å². The van der Waals surface area contributed by atoms with Crippen LogP contribution in [-0.4, -0.2) is 15.6 Å². The molecular weight excluding hydrogens is 303 g/mol. The summed E-state index contributed by atoms with van der Waals surface area (Å²) in [5.74, 6) is -2.26. The van der Waals surface area contributed by atoms with Gasteiger partial charge in [-0.1, -0.05) is 0 Å². The number of aryl methyl sites for hydroxylation is 1. The lowest BCUT2D eigenvalue weighted by Crippen LogP contribution is -2.37. The summed E-state index contributed by atoms with van der Waals surface area (Å²) in [7, 11) is 0. The molecule has 0 amide bonds. The molecule has 2 heterocycles. The number of aromatic nitrogens is 2. The molecule has 1 aliphatic carbocycles. The molecule has 2 aromatic rings. The zero-order valence-electron chi connectivity index (χ0n) is 12.7. The molecule has 3 nitrogen and oxygen atoms in total. The Hall–Kier alpha value is -1.82. The van der Waals surface area contributed by atoms with E-state index in [1.54, 1.807) is 0 Å². The third-order valence-corrected chi connectivity index (χ3v) is 5.06. The van der Waals surface area contributed by atoms with Gasteiger partial charge in [-0.3, -0.25) is 0 Å². The molecule has 2 N–H and O–H groups in total. The van der Waals surface area contributed by atoms with E-state index in [0.29, 0.717) is 18.9 Å². The summed E-state index contributed by atoms with van der Waals surface area (Å²) in [6.45, 7) is 0.953. The number of halogens is 3. The van der Waals surface area contributed by atoms with Crippen LogP contribution in [0, 0.1) is 17.5 Å². The number of hydrogen-bond acceptors (Lipinski definition) is 2. The van der Waals surface area contributed by atoms with Crippen molar-refractivity contribution >= 4 is 0 Å². The van der Waals surface area contributed by atoms with Crippen LogP contribution in [0.1, 0.15) is 41.5 Å². The molecule has 23 heavy (non-hydrogen) atoms. The Balaban J connectivity index is 1.73. The molecule has 1 aromatic heterocycles. The first kappa shape index (κ1) is 14.8. The van der Waals surface area contributed by atoms with E-state index in [1.165, 1.54) is 0 Å². The maximum atomic E-state index is 14.1. The summed E-state index contributed by atoms with van der Waals surface area (Å²) in [5, 5.41) is 0. The molecule has 0 bridgehead atoms. The molecule has 0 saturated carbocycles. The lowest BCUT2D eigenvalue weighted by atomic mass is 9.80. The number of rotatable bonds is 1. The fourth-order valence-corrected chi connectivity index (χ4v) is 3.88. The lowest BCUT2D eigenvalue weighted by molar-refractivity contribution is 0.434. The summed E-state index contributed by atoms with van der Waals surface area (Å²) in [5.41, 5.74) is 8.46. The number of hydrogen-bond donors (Lipinski definition) is 1. The molecule has 1 aromatic carbocycles. The molecule has 0 fully saturated rings. The highest BCUT2D eigenvalue weighted by Gasteiger charge is 2.34. The Morgan fingerprint density at radius 2 is 1.83 bits per heavy atom. The maximum absolute atomic E-state index is 14.1. The van der Waals surface area contributed by atoms with Gasteiger partial charge in [0.25, 0.3) is 0 Å². The normalized spacial score (nSPS) is 23.5. The Bertz CT molecular complexity index is 769. The smallest absolute Gasteiger partial charge is 0.161 e. The van der Waals surface area contributed by atoms with Crippen LogP contribution in [-0.2, 0) is 25.8 Å². The van der Waals surface area contributed by atoms with Crippen molar-refractivity contribution < 1.29 is 13.2 Å². The lowest BCUT2D eigenvalue weighted by Gasteiger charge is -2.30. The van der Waals surface area contributed by atoms with E-state index in [2.05, 4.69) is 9.55 Å². The van der Waals surface area contributed by atoms with E-state index < -0.39 is 17.5 Å². The molecule has 4 rings (SSSR count). The highest BCUT2D eigenvalue weighted by atomic mass is 19.2. The van der Waals surface area contributed by atoms with Crippen LogP contribution in [0.25, 0.3) is 0 Å². The van der Waals surface area contributed by atoms with Gasteiger partial charge < -0.3 is 10.3 Å². The van der Waals surface area contributed by atoms with Crippen LogP contribution in [0.3, 0.4) is 0 Å². The van der Waals surface area contributed by atoms with Crippen LogP contribution in [0.2, 0.25) is 0 Å². The van der Waals surface area contributed by atoms with Gasteiger partial charge in [0.2, 0.25) is 0 Å². The Kier molecular flexibility index (Phi) is 3.44. The molecule has 0 unspecified atom stereocenters. The van der Waals surface area contributed by atoms with Crippen LogP contribution in [0.15, 0.2) is 12.1 Å². The van der Waals surface area contributed by atoms with Crippen molar-refractivity contribution in [3.8, 4) is 0 Å². The quantitative estimate of drug-likeness (QED) is 0.821. The zero-order chi connectivity index (χ0) is 16.1. The zero-order valence-corrected chi connectivity index (χ0v) is 12.7. The largest absolute Gasteiger partial charge is 0.332 e. The number of nitrogens with two attached hydrogens (primary N) is 1. The average molecular weight is 321 g/mol. The Morgan fingerprint density at radius 3 is 2.65 bits per heavy atom. The molecule has 0 radical (unpaired) electrons. The van der Waals surface area contributed by atoms with E-state index in [-0.39, 0.29) is 17.5 Å². The van der Waals surface area contributed by atoms with Crippen molar-refractivity contribution in [2.24, 2.45) is 5.73 Å². The average Bonchev–Trinajstić information content (AvgIpc) is 2.88. The second kappa shape index (κ2) is 5.37. The van der Waals surface area contributed by atoms with Gasteiger partial charge in [-0.2, -0.15) is 0 Å². The summed E-state index contributed by atoms with van der Waals surface area (Å²) >= 11 is 0. The number of benzene rings is 1. The number of nitrogens with zero attached hydrogens (tertiary/aromatic N) is 2. The predicted molar refractivity (Wildman–Crippen MR) is 79.6 cm³/mol. The molecule has 122 valence electrons. The Morgan fingerprint density at radius 1 is 1.04 bits per heavy atom. The van der Waals surface area contributed by atoms with Gasteiger partial charge in [0.15, 0.2) is 11.6 Å². The Labute approximate surface area is 132 Å². The fourth-order valence-electron chi connectivity index (χ4n) is 3.88. The maximum Gasteiger partial charge on any atom is 0.161 e. The molecular formula is C17H18F3N3. The highest BCUT2D eigenvalue weighted by Crippen LogP contribution is 2.35. The molecule has 0 saturated heterocycles. The minimum absolute atomic E-state index is 0.146. The first-order chi connectivity index (χ1) is 11.0. The summed E-state index contributed by atoms with van der Waals surface area (Å²) in [6.07, 6.45) is 4.27. The van der Waals surface area contributed by atoms with Crippen molar-refractivity contribution in [3.05, 3.63) is 52.4 Å². The molecule has 2 aliphatic rings. The summed E-state index contributed by atoms with van der Waals surface area (Å²) in [4.78, 5) is 4.69. The van der Waals surface area contributed by atoms with E-state index in [9.17, 15) is 13.2 Å². The van der Waals surface area contributed by atoms with Gasteiger partial charge in [0.1, 0.15) is 11.6 Å². The fraction of sp³-hybridized carbons (Fsp3) is 0.471. The molecule has 6 heteroatoms. The van der Waals surface area contributed by atoms with E-state index in [1.807, 2.05) is 0 Å². The standard InChI is InChI=1S/C17H18F3N3/c18-11-7-13(20)12(19)5-9(11)10-6-15-16(8-14(10)21)23-4-2-1-3-17(23)22-15/h5,7,10,14H,1-4,6,8,21H2/t10-,14+/m1/s1. The molecule has 2 atom stereocenters. The van der Waals surface area contributed by atoms with Gasteiger partial charge in [-0.15, -0.1) is 0 Å². The van der Waals surface area contributed by atoms with E-state index in [4.69, 9.17) is 5.73 Å². The van der Waals surface area contributed by atoms with E-state index in [0.717, 1.165) is 49.1 Å². The topological polar surface area (TPSA) is 43.8 Å². The monoisotopic (exact) mass is 321 g/mol. The van der Waals surface area contributed by atoms with Crippen LogP contribution >= 0.6 is 0 Å².